The molecule has 0 unspecified atom stereocenters. The third-order valence-corrected chi connectivity index (χ3v) is 2.10. The number of nitrogens with zero attached hydrogens (tertiary/aromatic N) is 1. The molecule has 4 nitrogen and oxygen atoms in total. The van der Waals surface area contributed by atoms with Crippen molar-refractivity contribution in [3.63, 3.8) is 0 Å². The van der Waals surface area contributed by atoms with E-state index in [2.05, 4.69) is 17.0 Å². The van der Waals surface area contributed by atoms with Gasteiger partial charge in [-0.25, -0.2) is 0 Å². The second-order valence-corrected chi connectivity index (χ2v) is 3.27. The zero-order valence-electron chi connectivity index (χ0n) is 5.44. The molecule has 1 rings (SSSR count). The summed E-state index contributed by atoms with van der Waals surface area (Å²) >= 11 is 4.58. The Labute approximate surface area is 72.6 Å². The van der Waals surface area contributed by atoms with Crippen LogP contribution in [-0.4, -0.2) is 14.6 Å². The van der Waals surface area contributed by atoms with Crippen LogP contribution in [0.2, 0.25) is 0 Å². The van der Waals surface area contributed by atoms with Crippen LogP contribution in [0.4, 0.5) is 5.69 Å². The van der Waals surface area contributed by atoms with E-state index in [-0.39, 0.29) is 23.1 Å². The molecular formula is C5H6N2O2S2. The number of anilines is 1. The Balaban J connectivity index is 2.87. The molecule has 0 aliphatic heterocycles. The van der Waals surface area contributed by atoms with Gasteiger partial charge in [0.2, 0.25) is 5.88 Å². The van der Waals surface area contributed by atoms with Gasteiger partial charge in [0.15, 0.2) is 5.12 Å². The molecule has 0 aliphatic rings. The fourth-order valence-corrected chi connectivity index (χ4v) is 1.53. The van der Waals surface area contributed by atoms with Crippen LogP contribution >= 0.6 is 24.2 Å². The van der Waals surface area contributed by atoms with Gasteiger partial charge in [-0.1, -0.05) is 0 Å². The number of carbonyl (C=O) groups is 1. The van der Waals surface area contributed by atoms with Crippen LogP contribution in [0.5, 0.6) is 5.88 Å². The van der Waals surface area contributed by atoms with Crippen LogP contribution < -0.4 is 5.73 Å². The lowest BCUT2D eigenvalue weighted by Gasteiger charge is -1.91. The minimum atomic E-state index is -0.291. The van der Waals surface area contributed by atoms with Gasteiger partial charge in [-0.05, 0) is 11.5 Å². The number of rotatable bonds is 2. The largest absolute Gasteiger partial charge is 0.491 e. The summed E-state index contributed by atoms with van der Waals surface area (Å²) in [4.78, 5) is 11.0. The summed E-state index contributed by atoms with van der Waals surface area (Å²) in [5, 5.41) is 8.60. The first-order chi connectivity index (χ1) is 5.11. The van der Waals surface area contributed by atoms with Crippen LogP contribution in [0, 0.1) is 0 Å². The highest BCUT2D eigenvalue weighted by molar-refractivity contribution is 7.96. The lowest BCUT2D eigenvalue weighted by molar-refractivity contribution is -0.110. The van der Waals surface area contributed by atoms with Crippen LogP contribution in [-0.2, 0) is 11.2 Å². The van der Waals surface area contributed by atoms with Crippen molar-refractivity contribution in [2.24, 2.45) is 0 Å². The Morgan fingerprint density at radius 1 is 1.82 bits per heavy atom. The van der Waals surface area contributed by atoms with Gasteiger partial charge in [-0.2, -0.15) is 4.37 Å². The zero-order valence-corrected chi connectivity index (χ0v) is 7.15. The SMILES string of the molecule is Nc1c(O)nsc1CC(=O)S. The highest BCUT2D eigenvalue weighted by atomic mass is 32.1. The average molecular weight is 190 g/mol. The normalized spacial score (nSPS) is 9.91. The number of hydrogen-bond acceptors (Lipinski definition) is 5. The lowest BCUT2D eigenvalue weighted by Crippen LogP contribution is -1.94. The topological polar surface area (TPSA) is 76.2 Å². The first kappa shape index (κ1) is 8.35. The van der Waals surface area contributed by atoms with Crippen molar-refractivity contribution in [1.82, 2.24) is 4.37 Å². The van der Waals surface area contributed by atoms with E-state index < -0.39 is 0 Å². The Morgan fingerprint density at radius 2 is 2.45 bits per heavy atom. The quantitative estimate of drug-likeness (QED) is 0.591. The van der Waals surface area contributed by atoms with Gasteiger partial charge in [0.05, 0.1) is 11.3 Å². The van der Waals surface area contributed by atoms with Gasteiger partial charge in [0.1, 0.15) is 5.69 Å². The number of nitrogens with two attached hydrogens (primary N) is 1. The lowest BCUT2D eigenvalue weighted by atomic mass is 10.3. The highest BCUT2D eigenvalue weighted by Gasteiger charge is 2.10. The molecule has 1 aromatic heterocycles. The molecule has 0 aliphatic carbocycles. The van der Waals surface area contributed by atoms with E-state index in [1.807, 2.05) is 0 Å². The molecule has 0 atom stereocenters. The molecule has 11 heavy (non-hydrogen) atoms. The molecular weight excluding hydrogens is 184 g/mol. The maximum Gasteiger partial charge on any atom is 0.246 e. The van der Waals surface area contributed by atoms with Crippen molar-refractivity contribution in [2.75, 3.05) is 5.73 Å². The molecule has 0 fully saturated rings. The summed E-state index contributed by atoms with van der Waals surface area (Å²) in [6, 6.07) is 0. The number of aromatic hydroxyl groups is 1. The van der Waals surface area contributed by atoms with E-state index in [4.69, 9.17) is 10.8 Å². The van der Waals surface area contributed by atoms with E-state index in [0.717, 1.165) is 11.5 Å². The molecule has 0 bridgehead atoms. The first-order valence-corrected chi connectivity index (χ1v) is 3.98. The van der Waals surface area contributed by atoms with Gasteiger partial charge >= 0.3 is 0 Å². The maximum absolute atomic E-state index is 10.5. The molecule has 3 N–H and O–H groups in total. The summed E-state index contributed by atoms with van der Waals surface area (Å²) < 4.78 is 3.56. The third-order valence-electron chi connectivity index (χ3n) is 1.10. The molecule has 0 saturated carbocycles. The Bertz CT molecular complexity index is 284. The third kappa shape index (κ3) is 1.84. The fraction of sp³-hybridized carbons (Fsp3) is 0.200. The molecule has 0 radical (unpaired) electrons. The fourth-order valence-electron chi connectivity index (χ4n) is 0.586. The average Bonchev–Trinajstić information content (AvgIpc) is 2.18. The number of aromatic nitrogens is 1. The van der Waals surface area contributed by atoms with Crippen molar-refractivity contribution in [1.29, 1.82) is 0 Å². The van der Waals surface area contributed by atoms with Gasteiger partial charge < -0.3 is 10.8 Å². The van der Waals surface area contributed by atoms with E-state index in [0.29, 0.717) is 4.88 Å². The smallest absolute Gasteiger partial charge is 0.246 e. The molecule has 6 heteroatoms. The Morgan fingerprint density at radius 3 is 2.82 bits per heavy atom. The van der Waals surface area contributed by atoms with Crippen molar-refractivity contribution >= 4 is 35.0 Å². The molecule has 1 heterocycles. The number of hydrogen-bond donors (Lipinski definition) is 3. The molecule has 0 saturated heterocycles. The van der Waals surface area contributed by atoms with E-state index in [1.165, 1.54) is 0 Å². The second-order valence-electron chi connectivity index (χ2n) is 1.91. The van der Waals surface area contributed by atoms with Gasteiger partial charge in [-0.15, -0.1) is 12.6 Å². The highest BCUT2D eigenvalue weighted by Crippen LogP contribution is 2.27. The van der Waals surface area contributed by atoms with Crippen LogP contribution in [0.25, 0.3) is 0 Å². The van der Waals surface area contributed by atoms with Crippen molar-refractivity contribution in [3.8, 4) is 5.88 Å². The molecule has 1 aromatic rings. The van der Waals surface area contributed by atoms with Crippen molar-refractivity contribution in [2.45, 2.75) is 6.42 Å². The van der Waals surface area contributed by atoms with Crippen LogP contribution in [0.1, 0.15) is 4.88 Å². The Hall–Kier alpha value is -0.750. The van der Waals surface area contributed by atoms with Crippen LogP contribution in [0.3, 0.4) is 0 Å². The predicted octanol–water partition coefficient (Wildman–Crippen LogP) is 0.430. The molecule has 0 aromatic carbocycles. The van der Waals surface area contributed by atoms with Crippen LogP contribution in [0.15, 0.2) is 0 Å². The van der Waals surface area contributed by atoms with Crippen molar-refractivity contribution in [3.05, 3.63) is 4.88 Å². The standard InChI is InChI=1S/C5H6N2O2S2/c6-4-2(1-3(8)10)11-7-5(4)9/h1,6H2,(H,7,9)(H,8,10). The number of nitrogen functional groups attached to an aromatic ring is 1. The molecule has 60 valence electrons. The zero-order chi connectivity index (χ0) is 8.43. The summed E-state index contributed by atoms with van der Waals surface area (Å²) in [6.45, 7) is 0. The predicted molar refractivity (Wildman–Crippen MR) is 45.9 cm³/mol. The molecule has 0 spiro atoms. The van der Waals surface area contributed by atoms with Gasteiger partial charge in [0, 0.05) is 0 Å². The number of thiol groups is 1. The van der Waals surface area contributed by atoms with Gasteiger partial charge in [0.25, 0.3) is 0 Å². The maximum atomic E-state index is 10.5. The summed E-state index contributed by atoms with van der Waals surface area (Å²) in [5.74, 6) is -0.209. The summed E-state index contributed by atoms with van der Waals surface area (Å²) in [7, 11) is 0. The second kappa shape index (κ2) is 3.10. The molecule has 0 amide bonds. The summed E-state index contributed by atoms with van der Waals surface area (Å²) in [6.07, 6.45) is 0.118. The number of carbonyl (C=O) groups excluding carboxylic acids is 1. The van der Waals surface area contributed by atoms with Gasteiger partial charge in [-0.3, -0.25) is 4.79 Å². The van der Waals surface area contributed by atoms with E-state index in [9.17, 15) is 4.79 Å². The van der Waals surface area contributed by atoms with Crippen molar-refractivity contribution < 1.29 is 9.90 Å². The van der Waals surface area contributed by atoms with E-state index in [1.54, 1.807) is 0 Å². The monoisotopic (exact) mass is 190 g/mol. The summed E-state index contributed by atoms with van der Waals surface area (Å²) in [5.41, 5.74) is 5.54. The Kier molecular flexibility index (Phi) is 2.35. The van der Waals surface area contributed by atoms with E-state index >= 15 is 0 Å². The minimum Gasteiger partial charge on any atom is -0.491 e. The first-order valence-electron chi connectivity index (χ1n) is 2.76. The minimum absolute atomic E-state index is 0.118.